The molecule has 0 saturated carbocycles. The first-order valence-corrected chi connectivity index (χ1v) is 5.30. The number of hydrogen-bond donors (Lipinski definition) is 0. The molecule has 0 N–H and O–H groups in total. The number of likely N-dealkylation sites (tertiary alicyclic amines) is 1. The van der Waals surface area contributed by atoms with Gasteiger partial charge in [0.05, 0.1) is 6.54 Å². The van der Waals surface area contributed by atoms with E-state index in [4.69, 9.17) is 0 Å². The van der Waals surface area contributed by atoms with Crippen molar-refractivity contribution in [1.82, 2.24) is 19.7 Å². The van der Waals surface area contributed by atoms with E-state index in [1.54, 1.807) is 6.33 Å². The van der Waals surface area contributed by atoms with Crippen molar-refractivity contribution in [2.24, 2.45) is 13.0 Å². The number of nitrogens with zero attached hydrogens (tertiary/aromatic N) is 4. The van der Waals surface area contributed by atoms with Gasteiger partial charge in [0, 0.05) is 19.5 Å². The van der Waals surface area contributed by atoms with E-state index in [1.165, 1.54) is 0 Å². The van der Waals surface area contributed by atoms with Crippen LogP contribution in [0.4, 0.5) is 0 Å². The number of aryl methyl sites for hydroxylation is 1. The van der Waals surface area contributed by atoms with Crippen molar-refractivity contribution < 1.29 is 4.79 Å². The Kier molecular flexibility index (Phi) is 3.11. The Bertz CT molecular complexity index is 336. The summed E-state index contributed by atoms with van der Waals surface area (Å²) in [6.45, 7) is 2.70. The molecule has 15 heavy (non-hydrogen) atoms. The van der Waals surface area contributed by atoms with Crippen molar-refractivity contribution in [3.63, 3.8) is 0 Å². The van der Waals surface area contributed by atoms with Crippen LogP contribution < -0.4 is 0 Å². The lowest BCUT2D eigenvalue weighted by Crippen LogP contribution is -2.36. The van der Waals surface area contributed by atoms with Gasteiger partial charge in [0.2, 0.25) is 0 Å². The largest absolute Gasteiger partial charge is 0.320 e. The highest BCUT2D eigenvalue weighted by Gasteiger charge is 2.20. The van der Waals surface area contributed by atoms with Gasteiger partial charge in [0.15, 0.2) is 0 Å². The van der Waals surface area contributed by atoms with E-state index in [0.29, 0.717) is 0 Å². The Balaban J connectivity index is 1.94. The van der Waals surface area contributed by atoms with Crippen molar-refractivity contribution >= 4 is 6.29 Å². The second-order valence-corrected chi connectivity index (χ2v) is 4.13. The van der Waals surface area contributed by atoms with Gasteiger partial charge >= 0.3 is 0 Å². The smallest absolute Gasteiger partial charge is 0.146 e. The molecule has 0 spiro atoms. The molecule has 5 nitrogen and oxygen atoms in total. The zero-order valence-electron chi connectivity index (χ0n) is 8.96. The molecular weight excluding hydrogens is 192 g/mol. The third kappa shape index (κ3) is 2.41. The standard InChI is InChI=1S/C10H16N4O/c1-13-8-11-12-10(13)6-14-4-2-3-9(5-14)7-15/h7-9H,2-6H2,1H3. The van der Waals surface area contributed by atoms with Crippen molar-refractivity contribution in [3.05, 3.63) is 12.2 Å². The van der Waals surface area contributed by atoms with Gasteiger partial charge in [-0.3, -0.25) is 4.90 Å². The molecule has 0 aliphatic carbocycles. The lowest BCUT2D eigenvalue weighted by Gasteiger charge is -2.29. The van der Waals surface area contributed by atoms with Gasteiger partial charge < -0.3 is 9.36 Å². The molecule has 1 atom stereocenters. The molecule has 1 unspecified atom stereocenters. The van der Waals surface area contributed by atoms with Crippen LogP contribution in [0, 0.1) is 5.92 Å². The van der Waals surface area contributed by atoms with Gasteiger partial charge in [0.25, 0.3) is 0 Å². The molecule has 2 heterocycles. The first-order valence-electron chi connectivity index (χ1n) is 5.30. The van der Waals surface area contributed by atoms with Crippen LogP contribution >= 0.6 is 0 Å². The zero-order chi connectivity index (χ0) is 10.7. The first kappa shape index (κ1) is 10.3. The Labute approximate surface area is 89.1 Å². The zero-order valence-corrected chi connectivity index (χ0v) is 8.96. The minimum absolute atomic E-state index is 0.201. The molecule has 1 saturated heterocycles. The SMILES string of the molecule is Cn1cnnc1CN1CCCC(C=O)C1. The summed E-state index contributed by atoms with van der Waals surface area (Å²) in [6.07, 6.45) is 4.90. The third-order valence-corrected chi connectivity index (χ3v) is 2.90. The number of rotatable bonds is 3. The van der Waals surface area contributed by atoms with Crippen LogP contribution in [-0.4, -0.2) is 39.0 Å². The molecule has 1 aromatic heterocycles. The molecular formula is C10H16N4O. The van der Waals surface area contributed by atoms with Gasteiger partial charge in [-0.25, -0.2) is 0 Å². The number of hydrogen-bond acceptors (Lipinski definition) is 4. The monoisotopic (exact) mass is 208 g/mol. The number of aldehydes is 1. The molecule has 2 rings (SSSR count). The number of carbonyl (C=O) groups excluding carboxylic acids is 1. The number of carbonyl (C=O) groups is 1. The van der Waals surface area contributed by atoms with Crippen LogP contribution in [0.25, 0.3) is 0 Å². The van der Waals surface area contributed by atoms with Crippen molar-refractivity contribution in [2.45, 2.75) is 19.4 Å². The fourth-order valence-corrected chi connectivity index (χ4v) is 2.00. The molecule has 1 aromatic rings. The summed E-state index contributed by atoms with van der Waals surface area (Å²) in [7, 11) is 1.94. The van der Waals surface area contributed by atoms with Crippen molar-refractivity contribution in [2.75, 3.05) is 13.1 Å². The summed E-state index contributed by atoms with van der Waals surface area (Å²) in [5, 5.41) is 7.89. The van der Waals surface area contributed by atoms with Crippen LogP contribution in [0.1, 0.15) is 18.7 Å². The molecule has 0 bridgehead atoms. The Hall–Kier alpha value is -1.23. The van der Waals surface area contributed by atoms with Gasteiger partial charge in [-0.05, 0) is 19.4 Å². The Morgan fingerprint density at radius 3 is 3.20 bits per heavy atom. The Morgan fingerprint density at radius 2 is 2.53 bits per heavy atom. The number of aromatic nitrogens is 3. The van der Waals surface area contributed by atoms with Crippen LogP contribution in [0.3, 0.4) is 0 Å². The van der Waals surface area contributed by atoms with Crippen molar-refractivity contribution in [1.29, 1.82) is 0 Å². The van der Waals surface area contributed by atoms with E-state index in [1.807, 2.05) is 11.6 Å². The normalized spacial score (nSPS) is 22.9. The minimum atomic E-state index is 0.201. The van der Waals surface area contributed by atoms with Gasteiger partial charge in [-0.1, -0.05) is 0 Å². The molecule has 0 radical (unpaired) electrons. The average molecular weight is 208 g/mol. The maximum Gasteiger partial charge on any atom is 0.146 e. The fraction of sp³-hybridized carbons (Fsp3) is 0.700. The average Bonchev–Trinajstić information content (AvgIpc) is 2.65. The van der Waals surface area contributed by atoms with E-state index in [-0.39, 0.29) is 5.92 Å². The van der Waals surface area contributed by atoms with Gasteiger partial charge in [-0.15, -0.1) is 10.2 Å². The summed E-state index contributed by atoms with van der Waals surface area (Å²) >= 11 is 0. The van der Waals surface area contributed by atoms with Crippen LogP contribution in [0.15, 0.2) is 6.33 Å². The summed E-state index contributed by atoms with van der Waals surface area (Å²) in [4.78, 5) is 13.0. The second kappa shape index (κ2) is 4.53. The fourth-order valence-electron chi connectivity index (χ4n) is 2.00. The van der Waals surface area contributed by atoms with Crippen LogP contribution in [0.2, 0.25) is 0 Å². The molecule has 1 fully saturated rings. The molecule has 1 aliphatic heterocycles. The topological polar surface area (TPSA) is 51.0 Å². The maximum atomic E-state index is 10.7. The maximum absolute atomic E-state index is 10.7. The number of piperidine rings is 1. The molecule has 82 valence electrons. The highest BCUT2D eigenvalue weighted by Crippen LogP contribution is 2.15. The van der Waals surface area contributed by atoms with Gasteiger partial charge in [-0.2, -0.15) is 0 Å². The van der Waals surface area contributed by atoms with Gasteiger partial charge in [0.1, 0.15) is 18.4 Å². The summed E-state index contributed by atoms with van der Waals surface area (Å²) in [6, 6.07) is 0. The highest BCUT2D eigenvalue weighted by molar-refractivity contribution is 5.53. The lowest BCUT2D eigenvalue weighted by molar-refractivity contribution is -0.112. The molecule has 1 aliphatic rings. The van der Waals surface area contributed by atoms with E-state index in [9.17, 15) is 4.79 Å². The van der Waals surface area contributed by atoms with E-state index in [2.05, 4.69) is 15.1 Å². The van der Waals surface area contributed by atoms with Crippen molar-refractivity contribution in [3.8, 4) is 0 Å². The van der Waals surface area contributed by atoms with E-state index < -0.39 is 0 Å². The van der Waals surface area contributed by atoms with Crippen LogP contribution in [-0.2, 0) is 18.4 Å². The molecule has 0 aromatic carbocycles. The Morgan fingerprint density at radius 1 is 1.67 bits per heavy atom. The third-order valence-electron chi connectivity index (χ3n) is 2.90. The van der Waals surface area contributed by atoms with Crippen LogP contribution in [0.5, 0.6) is 0 Å². The lowest BCUT2D eigenvalue weighted by atomic mass is 10.00. The molecule has 0 amide bonds. The van der Waals surface area contributed by atoms with E-state index in [0.717, 1.165) is 44.6 Å². The predicted octanol–water partition coefficient (Wildman–Crippen LogP) is 0.226. The summed E-state index contributed by atoms with van der Waals surface area (Å²) in [5.41, 5.74) is 0. The predicted molar refractivity (Wildman–Crippen MR) is 55.1 cm³/mol. The summed E-state index contributed by atoms with van der Waals surface area (Å²) < 4.78 is 1.92. The summed E-state index contributed by atoms with van der Waals surface area (Å²) in [5.74, 6) is 1.16. The first-order chi connectivity index (χ1) is 7.29. The quantitative estimate of drug-likeness (QED) is 0.667. The molecule has 5 heteroatoms. The second-order valence-electron chi connectivity index (χ2n) is 4.13. The minimum Gasteiger partial charge on any atom is -0.320 e. The highest BCUT2D eigenvalue weighted by atomic mass is 16.1. The van der Waals surface area contributed by atoms with E-state index >= 15 is 0 Å².